The summed E-state index contributed by atoms with van der Waals surface area (Å²) in [5, 5.41) is 3.31. The van der Waals surface area contributed by atoms with Crippen LogP contribution in [0.2, 0.25) is 25.7 Å². The van der Waals surface area contributed by atoms with E-state index in [-0.39, 0.29) is 0 Å². The maximum atomic E-state index is 2.64. The molecule has 0 aliphatic carbocycles. The summed E-state index contributed by atoms with van der Waals surface area (Å²) in [5.74, 6) is 0.614. The van der Waals surface area contributed by atoms with Gasteiger partial charge in [0.2, 0.25) is 0 Å². The molecule has 0 radical (unpaired) electrons. The molecule has 0 unspecified atom stereocenters. The first kappa shape index (κ1) is 25.4. The van der Waals surface area contributed by atoms with Crippen molar-refractivity contribution in [1.82, 2.24) is 0 Å². The summed E-state index contributed by atoms with van der Waals surface area (Å²) < 4.78 is 0. The zero-order valence-corrected chi connectivity index (χ0v) is 24.8. The molecule has 0 spiro atoms. The van der Waals surface area contributed by atoms with Gasteiger partial charge in [-0.15, -0.1) is 0 Å². The van der Waals surface area contributed by atoms with E-state index in [4.69, 9.17) is 0 Å². The van der Waals surface area contributed by atoms with Crippen molar-refractivity contribution in [2.75, 3.05) is 0 Å². The minimum atomic E-state index is -2.23. The van der Waals surface area contributed by atoms with Crippen molar-refractivity contribution >= 4 is 36.7 Å². The smallest absolute Gasteiger partial charge is 0.0709 e. The molecular formula is C35H38Si2. The lowest BCUT2D eigenvalue weighted by Gasteiger charge is -2.45. The average molecular weight is 515 g/mol. The van der Waals surface area contributed by atoms with E-state index in [1.165, 1.54) is 39.4 Å². The van der Waals surface area contributed by atoms with Crippen LogP contribution in [0.1, 0.15) is 36.1 Å². The maximum absolute atomic E-state index is 2.64. The van der Waals surface area contributed by atoms with Gasteiger partial charge in [0.15, 0.2) is 0 Å². The van der Waals surface area contributed by atoms with Crippen LogP contribution in [0.4, 0.5) is 0 Å². The molecule has 5 rings (SSSR count). The highest BCUT2D eigenvalue weighted by molar-refractivity contribution is 7.56. The summed E-state index contributed by atoms with van der Waals surface area (Å²) in [6, 6.07) is 46.4. The molecule has 0 saturated carbocycles. The second kappa shape index (κ2) is 10.3. The largest absolute Gasteiger partial charge is 0.113 e. The molecule has 0 saturated heterocycles. The quantitative estimate of drug-likeness (QED) is 0.215. The van der Waals surface area contributed by atoms with Gasteiger partial charge in [0.25, 0.3) is 0 Å². The Morgan fingerprint density at radius 2 is 0.784 bits per heavy atom. The Hall–Kier alpha value is -3.21. The number of hydrogen-bond acceptors (Lipinski definition) is 0. The molecule has 37 heavy (non-hydrogen) atoms. The Kier molecular flexibility index (Phi) is 7.07. The molecule has 4 aromatic carbocycles. The highest BCUT2D eigenvalue weighted by Crippen LogP contribution is 2.60. The van der Waals surface area contributed by atoms with Crippen LogP contribution in [0.3, 0.4) is 0 Å². The van der Waals surface area contributed by atoms with Gasteiger partial charge in [0, 0.05) is 7.59 Å². The Morgan fingerprint density at radius 3 is 1.05 bits per heavy atom. The van der Waals surface area contributed by atoms with Crippen LogP contribution in [0.25, 0.3) is 21.5 Å². The SMILES string of the molecule is CC(C)C[Si]1([Si](C)(C)C)C(c2ccccc2)=C(c2ccccc2)C(c2ccccc2)=C1c1ccccc1. The number of benzene rings is 4. The van der Waals surface area contributed by atoms with Crippen LogP contribution < -0.4 is 0 Å². The van der Waals surface area contributed by atoms with E-state index >= 15 is 0 Å². The van der Waals surface area contributed by atoms with Gasteiger partial charge < -0.3 is 0 Å². The Balaban J connectivity index is 2.05. The molecular weight excluding hydrogens is 477 g/mol. The molecule has 0 N–H and O–H groups in total. The van der Waals surface area contributed by atoms with E-state index in [9.17, 15) is 0 Å². The molecule has 1 aliphatic heterocycles. The van der Waals surface area contributed by atoms with E-state index in [1.807, 2.05) is 0 Å². The Bertz CT molecular complexity index is 1310. The Labute approximate surface area is 225 Å². The minimum absolute atomic E-state index is 0.614. The minimum Gasteiger partial charge on any atom is -0.0709 e. The van der Waals surface area contributed by atoms with Crippen molar-refractivity contribution in [1.29, 1.82) is 0 Å². The number of allylic oxidation sites excluding steroid dienone is 2. The monoisotopic (exact) mass is 514 g/mol. The molecule has 1 aliphatic rings. The van der Waals surface area contributed by atoms with Gasteiger partial charge in [-0.05, 0) is 55.8 Å². The van der Waals surface area contributed by atoms with Crippen molar-refractivity contribution in [2.45, 2.75) is 39.5 Å². The molecule has 0 atom stereocenters. The Morgan fingerprint density at radius 1 is 0.486 bits per heavy atom. The molecule has 0 aromatic heterocycles. The van der Waals surface area contributed by atoms with E-state index in [2.05, 4.69) is 155 Å². The summed E-state index contributed by atoms with van der Waals surface area (Å²) in [5.41, 5.74) is 8.43. The van der Waals surface area contributed by atoms with Gasteiger partial charge >= 0.3 is 0 Å². The third kappa shape index (κ3) is 4.54. The summed E-state index contributed by atoms with van der Waals surface area (Å²) >= 11 is 0. The first-order chi connectivity index (χ1) is 17.8. The topological polar surface area (TPSA) is 0 Å². The first-order valence-electron chi connectivity index (χ1n) is 13.6. The van der Waals surface area contributed by atoms with Crippen molar-refractivity contribution < 1.29 is 0 Å². The molecule has 0 amide bonds. The lowest BCUT2D eigenvalue weighted by molar-refractivity contribution is 0.727. The third-order valence-corrected chi connectivity index (χ3v) is 24.4. The molecule has 0 fully saturated rings. The zero-order valence-electron chi connectivity index (χ0n) is 22.8. The highest BCUT2D eigenvalue weighted by Gasteiger charge is 2.57. The normalized spacial score (nSPS) is 15.5. The molecule has 2 heteroatoms. The van der Waals surface area contributed by atoms with Crippen molar-refractivity contribution in [3.8, 4) is 0 Å². The van der Waals surface area contributed by atoms with E-state index in [0.29, 0.717) is 5.92 Å². The lowest BCUT2D eigenvalue weighted by atomic mass is 9.89. The standard InChI is InChI=1S/C35H38Si2/c1-27(2)26-37(36(3,4)5)34(30-22-14-8-15-23-30)32(28-18-10-6-11-19-28)33(29-20-12-7-13-21-29)35(37)31-24-16-9-17-25-31/h6-25,27H,26H2,1-5H3. The first-order valence-corrected chi connectivity index (χ1v) is 20.3. The van der Waals surface area contributed by atoms with E-state index in [0.717, 1.165) is 0 Å². The van der Waals surface area contributed by atoms with Gasteiger partial charge in [0.1, 0.15) is 7.59 Å². The number of hydrogen-bond donors (Lipinski definition) is 0. The van der Waals surface area contributed by atoms with Crippen LogP contribution in [0.15, 0.2) is 121 Å². The molecule has 4 aromatic rings. The highest BCUT2D eigenvalue weighted by atomic mass is 29.3. The van der Waals surface area contributed by atoms with Crippen LogP contribution in [0, 0.1) is 5.92 Å². The molecule has 0 nitrogen and oxygen atoms in total. The van der Waals surface area contributed by atoms with Gasteiger partial charge in [-0.1, -0.05) is 155 Å². The molecule has 186 valence electrons. The van der Waals surface area contributed by atoms with Gasteiger partial charge in [0.05, 0.1) is 0 Å². The predicted molar refractivity (Wildman–Crippen MR) is 168 cm³/mol. The second-order valence-corrected chi connectivity index (χ2v) is 26.5. The van der Waals surface area contributed by atoms with Crippen LogP contribution in [-0.2, 0) is 0 Å². The molecule has 1 heterocycles. The maximum Gasteiger partial charge on any atom is 0.113 e. The van der Waals surface area contributed by atoms with Gasteiger partial charge in [-0.3, -0.25) is 0 Å². The summed E-state index contributed by atoms with van der Waals surface area (Å²) in [7, 11) is -3.99. The van der Waals surface area contributed by atoms with Crippen molar-refractivity contribution in [3.63, 3.8) is 0 Å². The predicted octanol–water partition coefficient (Wildman–Crippen LogP) is 9.82. The van der Waals surface area contributed by atoms with Gasteiger partial charge in [-0.2, -0.15) is 0 Å². The van der Waals surface area contributed by atoms with E-state index < -0.39 is 15.2 Å². The van der Waals surface area contributed by atoms with Crippen LogP contribution in [0.5, 0.6) is 0 Å². The summed E-state index contributed by atoms with van der Waals surface area (Å²) in [4.78, 5) is 0. The van der Waals surface area contributed by atoms with Crippen molar-refractivity contribution in [3.05, 3.63) is 144 Å². The molecule has 0 bridgehead atoms. The summed E-state index contributed by atoms with van der Waals surface area (Å²) in [6.07, 6.45) is 0. The van der Waals surface area contributed by atoms with Gasteiger partial charge in [-0.25, -0.2) is 0 Å². The van der Waals surface area contributed by atoms with Crippen molar-refractivity contribution in [2.24, 2.45) is 5.92 Å². The van der Waals surface area contributed by atoms with Crippen LogP contribution >= 0.6 is 0 Å². The number of rotatable bonds is 7. The summed E-state index contributed by atoms with van der Waals surface area (Å²) in [6.45, 7) is 12.8. The van der Waals surface area contributed by atoms with E-state index in [1.54, 1.807) is 10.4 Å². The fraction of sp³-hybridized carbons (Fsp3) is 0.200. The van der Waals surface area contributed by atoms with Crippen LogP contribution in [-0.4, -0.2) is 15.2 Å². The second-order valence-electron chi connectivity index (χ2n) is 11.7. The lowest BCUT2D eigenvalue weighted by Crippen LogP contribution is -2.59. The average Bonchev–Trinajstić information content (AvgIpc) is 3.22. The zero-order chi connectivity index (χ0) is 26.0. The third-order valence-electron chi connectivity index (χ3n) is 7.85. The fourth-order valence-electron chi connectivity index (χ4n) is 6.45. The fourth-order valence-corrected chi connectivity index (χ4v) is 22.3.